The summed E-state index contributed by atoms with van der Waals surface area (Å²) in [5.41, 5.74) is 2.58. The molecule has 6 nitrogen and oxygen atoms in total. The predicted octanol–water partition coefficient (Wildman–Crippen LogP) is 5.66. The van der Waals surface area contributed by atoms with Crippen molar-refractivity contribution in [2.24, 2.45) is 0 Å². The van der Waals surface area contributed by atoms with E-state index in [1.54, 1.807) is 36.4 Å². The maximum absolute atomic E-state index is 13.0. The molecule has 3 aromatic rings. The molecule has 0 bridgehead atoms. The highest BCUT2D eigenvalue weighted by atomic mass is 79.9. The number of barbiturate groups is 1. The molecule has 8 heteroatoms. The highest BCUT2D eigenvalue weighted by Gasteiger charge is 2.36. The SMILES string of the molecule is Cc1cccc(N2C(=O)NC(=O)/C(=C\c3ccc(OCc4ccc(Br)cc4)c(Cl)c3)C2=O)c1. The molecule has 1 fully saturated rings. The molecule has 3 aromatic carbocycles. The topological polar surface area (TPSA) is 75.7 Å². The Morgan fingerprint density at radius 1 is 1.03 bits per heavy atom. The molecule has 0 spiro atoms. The van der Waals surface area contributed by atoms with Crippen LogP contribution in [0.4, 0.5) is 10.5 Å². The minimum absolute atomic E-state index is 0.171. The van der Waals surface area contributed by atoms with Crippen molar-refractivity contribution in [2.45, 2.75) is 13.5 Å². The Bertz CT molecular complexity index is 1290. The van der Waals surface area contributed by atoms with Crippen LogP contribution in [-0.2, 0) is 16.2 Å². The molecule has 0 saturated carbocycles. The number of nitrogens with zero attached hydrogens (tertiary/aromatic N) is 1. The second-order valence-corrected chi connectivity index (χ2v) is 8.72. The number of halogens is 2. The Labute approximate surface area is 203 Å². The lowest BCUT2D eigenvalue weighted by molar-refractivity contribution is -0.122. The van der Waals surface area contributed by atoms with Gasteiger partial charge in [-0.05, 0) is 66.1 Å². The number of hydrogen-bond acceptors (Lipinski definition) is 4. The minimum Gasteiger partial charge on any atom is -0.487 e. The number of amides is 4. The summed E-state index contributed by atoms with van der Waals surface area (Å²) in [6.45, 7) is 2.18. The Kier molecular flexibility index (Phi) is 6.62. The highest BCUT2D eigenvalue weighted by molar-refractivity contribution is 9.10. The van der Waals surface area contributed by atoms with E-state index >= 15 is 0 Å². The largest absolute Gasteiger partial charge is 0.487 e. The molecule has 4 amide bonds. The fourth-order valence-corrected chi connectivity index (χ4v) is 3.80. The molecule has 0 aromatic heterocycles. The van der Waals surface area contributed by atoms with Crippen LogP contribution in [0.3, 0.4) is 0 Å². The van der Waals surface area contributed by atoms with Crippen LogP contribution < -0.4 is 15.0 Å². The average molecular weight is 526 g/mol. The summed E-state index contributed by atoms with van der Waals surface area (Å²) < 4.78 is 6.76. The first-order chi connectivity index (χ1) is 15.8. The Morgan fingerprint density at radius 3 is 2.48 bits per heavy atom. The van der Waals surface area contributed by atoms with Gasteiger partial charge in [0, 0.05) is 4.47 Å². The van der Waals surface area contributed by atoms with Gasteiger partial charge in [-0.15, -0.1) is 0 Å². The van der Waals surface area contributed by atoms with Gasteiger partial charge in [0.1, 0.15) is 17.9 Å². The zero-order valence-electron chi connectivity index (χ0n) is 17.5. The summed E-state index contributed by atoms with van der Waals surface area (Å²) in [4.78, 5) is 38.7. The van der Waals surface area contributed by atoms with Crippen molar-refractivity contribution in [2.75, 3.05) is 4.90 Å². The van der Waals surface area contributed by atoms with Crippen molar-refractivity contribution in [1.82, 2.24) is 5.32 Å². The molecule has 1 saturated heterocycles. The quantitative estimate of drug-likeness (QED) is 0.345. The third-order valence-corrected chi connectivity index (χ3v) is 5.76. The maximum atomic E-state index is 13.0. The van der Waals surface area contributed by atoms with E-state index in [1.165, 1.54) is 6.08 Å². The van der Waals surface area contributed by atoms with Crippen LogP contribution >= 0.6 is 27.5 Å². The van der Waals surface area contributed by atoms with Crippen molar-refractivity contribution in [3.63, 3.8) is 0 Å². The number of nitrogens with one attached hydrogen (secondary N) is 1. The third-order valence-electron chi connectivity index (χ3n) is 4.94. The summed E-state index contributed by atoms with van der Waals surface area (Å²) in [7, 11) is 0. The van der Waals surface area contributed by atoms with E-state index in [9.17, 15) is 14.4 Å². The van der Waals surface area contributed by atoms with Gasteiger partial charge < -0.3 is 4.74 Å². The monoisotopic (exact) mass is 524 g/mol. The second kappa shape index (κ2) is 9.60. The fraction of sp³-hybridized carbons (Fsp3) is 0.0800. The summed E-state index contributed by atoms with van der Waals surface area (Å²) >= 11 is 9.76. The number of benzene rings is 3. The number of imide groups is 2. The molecule has 1 N–H and O–H groups in total. The molecule has 166 valence electrons. The molecule has 0 aliphatic carbocycles. The van der Waals surface area contributed by atoms with Crippen LogP contribution in [0.25, 0.3) is 6.08 Å². The molecule has 0 atom stereocenters. The van der Waals surface area contributed by atoms with Gasteiger partial charge in [-0.3, -0.25) is 14.9 Å². The van der Waals surface area contributed by atoms with E-state index < -0.39 is 17.8 Å². The smallest absolute Gasteiger partial charge is 0.335 e. The van der Waals surface area contributed by atoms with Crippen molar-refractivity contribution in [3.8, 4) is 5.75 Å². The predicted molar refractivity (Wildman–Crippen MR) is 130 cm³/mol. The van der Waals surface area contributed by atoms with Crippen LogP contribution in [0.1, 0.15) is 16.7 Å². The van der Waals surface area contributed by atoms with Gasteiger partial charge in [-0.2, -0.15) is 0 Å². The van der Waals surface area contributed by atoms with Crippen molar-refractivity contribution in [1.29, 1.82) is 0 Å². The molecule has 1 aliphatic rings. The molecule has 4 rings (SSSR count). The lowest BCUT2D eigenvalue weighted by atomic mass is 10.1. The van der Waals surface area contributed by atoms with E-state index in [0.717, 1.165) is 20.5 Å². The first-order valence-corrected chi connectivity index (χ1v) is 11.1. The number of aryl methyl sites for hydroxylation is 1. The highest BCUT2D eigenvalue weighted by Crippen LogP contribution is 2.29. The van der Waals surface area contributed by atoms with Gasteiger partial charge in [0.05, 0.1) is 10.7 Å². The first kappa shape index (κ1) is 22.8. The average Bonchev–Trinajstić information content (AvgIpc) is 2.77. The zero-order chi connectivity index (χ0) is 23.5. The number of anilines is 1. The second-order valence-electron chi connectivity index (χ2n) is 7.40. The van der Waals surface area contributed by atoms with Gasteiger partial charge in [0.25, 0.3) is 11.8 Å². The number of urea groups is 1. The Balaban J connectivity index is 1.56. The Hall–Kier alpha value is -3.42. The van der Waals surface area contributed by atoms with Crippen molar-refractivity contribution in [3.05, 3.63) is 98.5 Å². The summed E-state index contributed by atoms with van der Waals surface area (Å²) in [5.74, 6) is -1.00. The van der Waals surface area contributed by atoms with Gasteiger partial charge >= 0.3 is 6.03 Å². The number of ether oxygens (including phenoxy) is 1. The summed E-state index contributed by atoms with van der Waals surface area (Å²) in [5, 5.41) is 2.54. The van der Waals surface area contributed by atoms with E-state index in [4.69, 9.17) is 16.3 Å². The minimum atomic E-state index is -0.789. The van der Waals surface area contributed by atoms with E-state index in [2.05, 4.69) is 21.2 Å². The van der Waals surface area contributed by atoms with E-state index in [1.807, 2.05) is 37.3 Å². The van der Waals surface area contributed by atoms with Gasteiger partial charge in [-0.25, -0.2) is 9.69 Å². The molecular weight excluding hydrogens is 508 g/mol. The van der Waals surface area contributed by atoms with Crippen LogP contribution in [0, 0.1) is 6.92 Å². The fourth-order valence-electron chi connectivity index (χ4n) is 3.29. The van der Waals surface area contributed by atoms with Crippen LogP contribution in [0.5, 0.6) is 5.75 Å². The normalized spacial score (nSPS) is 15.1. The Morgan fingerprint density at radius 2 is 1.79 bits per heavy atom. The molecule has 0 unspecified atom stereocenters. The van der Waals surface area contributed by atoms with Crippen molar-refractivity contribution >= 4 is 57.1 Å². The molecule has 0 radical (unpaired) electrons. The zero-order valence-corrected chi connectivity index (χ0v) is 19.8. The summed E-state index contributed by atoms with van der Waals surface area (Å²) in [6, 6.07) is 18.8. The number of hydrogen-bond donors (Lipinski definition) is 1. The van der Waals surface area contributed by atoms with E-state index in [0.29, 0.717) is 28.6 Å². The number of carbonyl (C=O) groups is 3. The van der Waals surface area contributed by atoms with Crippen molar-refractivity contribution < 1.29 is 19.1 Å². The van der Waals surface area contributed by atoms with Crippen LogP contribution in [0.15, 0.2) is 76.8 Å². The lowest BCUT2D eigenvalue weighted by Gasteiger charge is -2.26. The standard InChI is InChI=1S/C25H18BrClN2O4/c1-15-3-2-4-19(11-15)29-24(31)20(23(30)28-25(29)32)12-17-7-10-22(21(27)13-17)33-14-16-5-8-18(26)9-6-16/h2-13H,14H2,1H3,(H,28,30,32)/b20-12+. The van der Waals surface area contributed by atoms with Gasteiger partial charge in [0.15, 0.2) is 0 Å². The van der Waals surface area contributed by atoms with Crippen LogP contribution in [-0.4, -0.2) is 17.8 Å². The maximum Gasteiger partial charge on any atom is 0.335 e. The lowest BCUT2D eigenvalue weighted by Crippen LogP contribution is -2.54. The summed E-state index contributed by atoms with van der Waals surface area (Å²) in [6.07, 6.45) is 1.40. The molecule has 33 heavy (non-hydrogen) atoms. The van der Waals surface area contributed by atoms with Crippen LogP contribution in [0.2, 0.25) is 5.02 Å². The molecule has 1 aliphatic heterocycles. The van der Waals surface area contributed by atoms with Gasteiger partial charge in [0.2, 0.25) is 0 Å². The first-order valence-electron chi connectivity index (χ1n) is 9.97. The number of carbonyl (C=O) groups excluding carboxylic acids is 3. The third kappa shape index (κ3) is 5.16. The molecular formula is C25H18BrClN2O4. The van der Waals surface area contributed by atoms with Gasteiger partial charge in [-0.1, -0.05) is 57.9 Å². The number of rotatable bonds is 5. The molecule has 1 heterocycles. The van der Waals surface area contributed by atoms with E-state index in [-0.39, 0.29) is 5.57 Å².